The number of ether oxygens (including phenoxy) is 1. The van der Waals surface area contributed by atoms with Crippen molar-refractivity contribution >= 4 is 23.2 Å². The average Bonchev–Trinajstić information content (AvgIpc) is 2.69. The molecule has 0 bridgehead atoms. The van der Waals surface area contributed by atoms with Gasteiger partial charge >= 0.3 is 0 Å². The summed E-state index contributed by atoms with van der Waals surface area (Å²) in [5, 5.41) is 0.606. The summed E-state index contributed by atoms with van der Waals surface area (Å²) in [6.07, 6.45) is 1.44. The standard InChI is InChI=1S/C20H17ClFN3O3/c21-15-5-7-18(8-6-15)28-11-10-25-13-14(4-9-19(25)26)20(27)24-23-17-3-1-2-16(22)12-17/h1-9,12-13,23H,10-11H2,(H,24,27). The number of anilines is 1. The molecule has 0 aliphatic rings. The molecule has 3 aromatic rings. The minimum absolute atomic E-state index is 0.244. The van der Waals surface area contributed by atoms with Crippen LogP contribution in [0, 0.1) is 5.82 Å². The Balaban J connectivity index is 1.59. The fourth-order valence-corrected chi connectivity index (χ4v) is 2.53. The number of carbonyl (C=O) groups excluding carboxylic acids is 1. The normalized spacial score (nSPS) is 10.4. The van der Waals surface area contributed by atoms with Gasteiger partial charge in [0, 0.05) is 17.3 Å². The van der Waals surface area contributed by atoms with Gasteiger partial charge in [-0.2, -0.15) is 0 Å². The number of benzene rings is 2. The zero-order chi connectivity index (χ0) is 19.9. The van der Waals surface area contributed by atoms with Crippen molar-refractivity contribution in [2.45, 2.75) is 6.54 Å². The summed E-state index contributed by atoms with van der Waals surface area (Å²) in [7, 11) is 0. The number of carbonyl (C=O) groups is 1. The average molecular weight is 402 g/mol. The largest absolute Gasteiger partial charge is 0.492 e. The molecule has 0 saturated carbocycles. The first-order chi connectivity index (χ1) is 13.5. The number of pyridine rings is 1. The van der Waals surface area contributed by atoms with Gasteiger partial charge < -0.3 is 9.30 Å². The van der Waals surface area contributed by atoms with Gasteiger partial charge in [-0.15, -0.1) is 0 Å². The summed E-state index contributed by atoms with van der Waals surface area (Å²) in [4.78, 5) is 24.3. The second-order valence-corrected chi connectivity index (χ2v) is 6.28. The Labute approximate surface area is 165 Å². The van der Waals surface area contributed by atoms with Crippen LogP contribution in [0.4, 0.5) is 10.1 Å². The fraction of sp³-hybridized carbons (Fsp3) is 0.100. The van der Waals surface area contributed by atoms with Crippen molar-refractivity contribution in [3.8, 4) is 5.75 Å². The van der Waals surface area contributed by atoms with E-state index in [1.54, 1.807) is 30.3 Å². The summed E-state index contributed by atoms with van der Waals surface area (Å²) < 4.78 is 20.1. The minimum Gasteiger partial charge on any atom is -0.492 e. The SMILES string of the molecule is O=C(NNc1cccc(F)c1)c1ccc(=O)n(CCOc2ccc(Cl)cc2)c1. The van der Waals surface area contributed by atoms with Crippen LogP contribution in [0.25, 0.3) is 0 Å². The molecule has 0 unspecified atom stereocenters. The molecular weight excluding hydrogens is 385 g/mol. The Hall–Kier alpha value is -3.32. The number of rotatable bonds is 7. The molecule has 28 heavy (non-hydrogen) atoms. The fourth-order valence-electron chi connectivity index (χ4n) is 2.40. The Morgan fingerprint density at radius 3 is 2.64 bits per heavy atom. The summed E-state index contributed by atoms with van der Waals surface area (Å²) in [5.41, 5.74) is 5.51. The smallest absolute Gasteiger partial charge is 0.271 e. The zero-order valence-corrected chi connectivity index (χ0v) is 15.4. The van der Waals surface area contributed by atoms with Crippen molar-refractivity contribution in [2.24, 2.45) is 0 Å². The maximum absolute atomic E-state index is 13.2. The Morgan fingerprint density at radius 2 is 1.89 bits per heavy atom. The number of hydrogen-bond acceptors (Lipinski definition) is 4. The van der Waals surface area contributed by atoms with Crippen LogP contribution in [0.15, 0.2) is 71.7 Å². The molecular formula is C20H17ClFN3O3. The molecule has 3 rings (SSSR count). The van der Waals surface area contributed by atoms with Crippen LogP contribution in [0.2, 0.25) is 5.02 Å². The van der Waals surface area contributed by atoms with E-state index in [2.05, 4.69) is 10.9 Å². The summed E-state index contributed by atoms with van der Waals surface area (Å²) >= 11 is 5.82. The third-order valence-corrected chi connectivity index (χ3v) is 4.06. The number of hydrogen-bond donors (Lipinski definition) is 2. The molecule has 8 heteroatoms. The van der Waals surface area contributed by atoms with E-state index >= 15 is 0 Å². The first-order valence-corrected chi connectivity index (χ1v) is 8.80. The number of hydrazine groups is 1. The van der Waals surface area contributed by atoms with Crippen LogP contribution in [-0.4, -0.2) is 17.1 Å². The molecule has 6 nitrogen and oxygen atoms in total. The zero-order valence-electron chi connectivity index (χ0n) is 14.7. The van der Waals surface area contributed by atoms with E-state index < -0.39 is 11.7 Å². The molecule has 0 aliphatic heterocycles. The molecule has 0 spiro atoms. The Morgan fingerprint density at radius 1 is 1.11 bits per heavy atom. The molecule has 0 radical (unpaired) electrons. The second-order valence-electron chi connectivity index (χ2n) is 5.84. The van der Waals surface area contributed by atoms with Gasteiger partial charge in [-0.3, -0.25) is 20.4 Å². The predicted octanol–water partition coefficient (Wildman–Crippen LogP) is 3.48. The number of amides is 1. The predicted molar refractivity (Wildman–Crippen MR) is 105 cm³/mol. The van der Waals surface area contributed by atoms with Gasteiger partial charge in [0.05, 0.1) is 17.8 Å². The maximum Gasteiger partial charge on any atom is 0.271 e. The minimum atomic E-state index is -0.461. The topological polar surface area (TPSA) is 72.4 Å². The summed E-state index contributed by atoms with van der Waals surface area (Å²) in [6.45, 7) is 0.508. The molecule has 0 aliphatic carbocycles. The van der Waals surface area contributed by atoms with Crippen molar-refractivity contribution in [2.75, 3.05) is 12.0 Å². The van der Waals surface area contributed by atoms with Crippen molar-refractivity contribution in [3.05, 3.63) is 93.6 Å². The first-order valence-electron chi connectivity index (χ1n) is 8.42. The Kier molecular flexibility index (Phi) is 6.29. The lowest BCUT2D eigenvalue weighted by molar-refractivity contribution is 0.0961. The van der Waals surface area contributed by atoms with Crippen molar-refractivity contribution in [3.63, 3.8) is 0 Å². The second kappa shape index (κ2) is 9.05. The molecule has 1 amide bonds. The highest BCUT2D eigenvalue weighted by Gasteiger charge is 2.08. The van der Waals surface area contributed by atoms with E-state index in [1.807, 2.05) is 0 Å². The molecule has 1 aromatic heterocycles. The van der Waals surface area contributed by atoms with Crippen LogP contribution in [-0.2, 0) is 6.54 Å². The lowest BCUT2D eigenvalue weighted by Crippen LogP contribution is -2.31. The first kappa shape index (κ1) is 19.4. The van der Waals surface area contributed by atoms with E-state index in [0.717, 1.165) is 0 Å². The number of aromatic nitrogens is 1. The molecule has 144 valence electrons. The molecule has 1 heterocycles. The summed E-state index contributed by atoms with van der Waals surface area (Å²) in [6, 6.07) is 15.3. The van der Waals surface area contributed by atoms with E-state index in [-0.39, 0.29) is 24.3 Å². The monoisotopic (exact) mass is 401 g/mol. The summed E-state index contributed by atoms with van der Waals surface area (Å²) in [5.74, 6) is -0.254. The van der Waals surface area contributed by atoms with Gasteiger partial charge in [0.1, 0.15) is 18.2 Å². The Bertz CT molecular complexity index is 1020. The van der Waals surface area contributed by atoms with E-state index in [0.29, 0.717) is 16.5 Å². The van der Waals surface area contributed by atoms with Gasteiger partial charge in [-0.1, -0.05) is 17.7 Å². The number of nitrogens with one attached hydrogen (secondary N) is 2. The van der Waals surface area contributed by atoms with Crippen molar-refractivity contribution in [1.29, 1.82) is 0 Å². The van der Waals surface area contributed by atoms with Gasteiger partial charge in [0.25, 0.3) is 11.5 Å². The maximum atomic E-state index is 13.2. The van der Waals surface area contributed by atoms with Crippen LogP contribution in [0.5, 0.6) is 5.75 Å². The number of halogens is 2. The quantitative estimate of drug-likeness (QED) is 0.594. The highest BCUT2D eigenvalue weighted by molar-refractivity contribution is 6.30. The van der Waals surface area contributed by atoms with Gasteiger partial charge in [-0.05, 0) is 48.5 Å². The van der Waals surface area contributed by atoms with Crippen LogP contribution in [0.3, 0.4) is 0 Å². The van der Waals surface area contributed by atoms with Crippen LogP contribution in [0.1, 0.15) is 10.4 Å². The van der Waals surface area contributed by atoms with Crippen molar-refractivity contribution < 1.29 is 13.9 Å². The molecule has 0 saturated heterocycles. The van der Waals surface area contributed by atoms with Crippen molar-refractivity contribution in [1.82, 2.24) is 9.99 Å². The lowest BCUT2D eigenvalue weighted by atomic mass is 10.2. The van der Waals surface area contributed by atoms with E-state index in [4.69, 9.17) is 16.3 Å². The third kappa shape index (κ3) is 5.34. The van der Waals surface area contributed by atoms with Gasteiger partial charge in [-0.25, -0.2) is 4.39 Å². The van der Waals surface area contributed by atoms with Crippen LogP contribution >= 0.6 is 11.6 Å². The molecule has 0 fully saturated rings. The highest BCUT2D eigenvalue weighted by atomic mass is 35.5. The van der Waals surface area contributed by atoms with Gasteiger partial charge in [0.15, 0.2) is 0 Å². The molecule has 2 aromatic carbocycles. The highest BCUT2D eigenvalue weighted by Crippen LogP contribution is 2.15. The molecule has 2 N–H and O–H groups in total. The number of nitrogens with zero attached hydrogens (tertiary/aromatic N) is 1. The van der Waals surface area contributed by atoms with Gasteiger partial charge in [0.2, 0.25) is 0 Å². The lowest BCUT2D eigenvalue weighted by Gasteiger charge is -2.11. The third-order valence-electron chi connectivity index (χ3n) is 3.81. The molecule has 0 atom stereocenters. The van der Waals surface area contributed by atoms with Crippen LogP contribution < -0.4 is 21.1 Å². The van der Waals surface area contributed by atoms with E-state index in [9.17, 15) is 14.0 Å². The van der Waals surface area contributed by atoms with E-state index in [1.165, 1.54) is 41.1 Å².